The number of amides is 1. The van der Waals surface area contributed by atoms with E-state index in [2.05, 4.69) is 0 Å². The first-order chi connectivity index (χ1) is 15.6. The molecule has 174 valence electrons. The van der Waals surface area contributed by atoms with Gasteiger partial charge in [0.15, 0.2) is 0 Å². The monoisotopic (exact) mass is 454 g/mol. The fraction of sp³-hybridized carbons (Fsp3) is 0.333. The zero-order chi connectivity index (χ0) is 24.3. The van der Waals surface area contributed by atoms with Crippen molar-refractivity contribution in [3.63, 3.8) is 0 Å². The molecule has 0 spiro atoms. The van der Waals surface area contributed by atoms with Crippen LogP contribution in [-0.2, 0) is 14.3 Å². The largest absolute Gasteiger partial charge is 0.507 e. The second-order valence-corrected chi connectivity index (χ2v) is 7.98. The Bertz CT molecular complexity index is 1110. The molecular weight excluding hydrogens is 428 g/mol. The van der Waals surface area contributed by atoms with Crippen LogP contribution < -0.4 is 4.74 Å². The van der Waals surface area contributed by atoms with E-state index in [1.807, 2.05) is 20.8 Å². The number of benzene rings is 2. The minimum Gasteiger partial charge on any atom is -0.507 e. The fourth-order valence-electron chi connectivity index (χ4n) is 3.76. The zero-order valence-electron chi connectivity index (χ0n) is 18.9. The van der Waals surface area contributed by atoms with Gasteiger partial charge in [0.05, 0.1) is 29.2 Å². The Kier molecular flexibility index (Phi) is 7.13. The SMILES string of the molecule is COCCN1C(=O)C(=O)/C(=C(\O)c2ccc(OC(C)C)c(C)c2)C1c1ccc([N+](=O)[O-])cc1. The standard InChI is InChI=1S/C24H26N2O7/c1-14(2)33-19-10-7-17(13-15(19)3)22(27)20-21(16-5-8-18(9-6-16)26(30)31)25(11-12-32-4)24(29)23(20)28/h5-10,13-14,21,27H,11-12H2,1-4H3/b22-20-. The van der Waals surface area contributed by atoms with Crippen molar-refractivity contribution in [2.75, 3.05) is 20.3 Å². The minimum absolute atomic E-state index is 0.0311. The van der Waals surface area contributed by atoms with Gasteiger partial charge in [-0.05, 0) is 62.2 Å². The lowest BCUT2D eigenvalue weighted by Crippen LogP contribution is -2.32. The summed E-state index contributed by atoms with van der Waals surface area (Å²) >= 11 is 0. The van der Waals surface area contributed by atoms with Crippen LogP contribution in [0.2, 0.25) is 0 Å². The predicted octanol–water partition coefficient (Wildman–Crippen LogP) is 3.76. The zero-order valence-corrected chi connectivity index (χ0v) is 18.9. The van der Waals surface area contributed by atoms with Crippen LogP contribution in [0.15, 0.2) is 48.0 Å². The average molecular weight is 454 g/mol. The fourth-order valence-corrected chi connectivity index (χ4v) is 3.76. The first-order valence-electron chi connectivity index (χ1n) is 10.4. The van der Waals surface area contributed by atoms with Crippen molar-refractivity contribution in [3.8, 4) is 5.75 Å². The molecule has 1 unspecified atom stereocenters. The highest BCUT2D eigenvalue weighted by atomic mass is 16.6. The molecule has 1 atom stereocenters. The highest BCUT2D eigenvalue weighted by Gasteiger charge is 2.46. The summed E-state index contributed by atoms with van der Waals surface area (Å²) in [5.41, 5.74) is 1.38. The smallest absolute Gasteiger partial charge is 0.295 e. The van der Waals surface area contributed by atoms with Gasteiger partial charge in [0.25, 0.3) is 17.4 Å². The van der Waals surface area contributed by atoms with Crippen LogP contribution >= 0.6 is 0 Å². The van der Waals surface area contributed by atoms with Gasteiger partial charge in [-0.2, -0.15) is 0 Å². The molecule has 2 aromatic carbocycles. The molecule has 1 aliphatic heterocycles. The number of carbonyl (C=O) groups excluding carboxylic acids is 2. The number of ether oxygens (including phenoxy) is 2. The Hall–Kier alpha value is -3.72. The first kappa shape index (κ1) is 23.9. The molecule has 9 nitrogen and oxygen atoms in total. The Morgan fingerprint density at radius 3 is 2.39 bits per heavy atom. The third-order valence-electron chi connectivity index (χ3n) is 5.31. The minimum atomic E-state index is -0.909. The highest BCUT2D eigenvalue weighted by molar-refractivity contribution is 6.46. The van der Waals surface area contributed by atoms with Gasteiger partial charge >= 0.3 is 0 Å². The maximum Gasteiger partial charge on any atom is 0.295 e. The number of non-ortho nitro benzene ring substituents is 1. The molecule has 0 aliphatic carbocycles. The molecule has 0 saturated carbocycles. The average Bonchev–Trinajstić information content (AvgIpc) is 3.03. The van der Waals surface area contributed by atoms with Crippen molar-refractivity contribution in [2.45, 2.75) is 32.9 Å². The number of methoxy groups -OCH3 is 1. The van der Waals surface area contributed by atoms with Gasteiger partial charge in [0.1, 0.15) is 11.5 Å². The summed E-state index contributed by atoms with van der Waals surface area (Å²) in [4.78, 5) is 37.6. The maximum atomic E-state index is 13.0. The van der Waals surface area contributed by atoms with E-state index in [9.17, 15) is 24.8 Å². The van der Waals surface area contributed by atoms with Gasteiger partial charge in [0.2, 0.25) is 0 Å². The third-order valence-corrected chi connectivity index (χ3v) is 5.31. The van der Waals surface area contributed by atoms with E-state index in [0.717, 1.165) is 5.56 Å². The highest BCUT2D eigenvalue weighted by Crippen LogP contribution is 2.40. The van der Waals surface area contributed by atoms with Crippen LogP contribution in [0.4, 0.5) is 5.69 Å². The number of nitro groups is 1. The molecule has 1 aliphatic rings. The summed E-state index contributed by atoms with van der Waals surface area (Å²) in [7, 11) is 1.47. The molecule has 0 aromatic heterocycles. The Morgan fingerprint density at radius 2 is 1.85 bits per heavy atom. The molecule has 0 radical (unpaired) electrons. The Balaban J connectivity index is 2.12. The topological polar surface area (TPSA) is 119 Å². The van der Waals surface area contributed by atoms with Gasteiger partial charge < -0.3 is 19.5 Å². The molecule has 1 amide bonds. The van der Waals surface area contributed by atoms with Crippen molar-refractivity contribution < 1.29 is 29.1 Å². The van der Waals surface area contributed by atoms with E-state index < -0.39 is 22.7 Å². The van der Waals surface area contributed by atoms with Gasteiger partial charge in [-0.15, -0.1) is 0 Å². The van der Waals surface area contributed by atoms with E-state index in [1.165, 1.54) is 36.3 Å². The van der Waals surface area contributed by atoms with Gasteiger partial charge in [0, 0.05) is 31.4 Å². The van der Waals surface area contributed by atoms with Crippen molar-refractivity contribution in [1.82, 2.24) is 4.90 Å². The van der Waals surface area contributed by atoms with Crippen molar-refractivity contribution >= 4 is 23.1 Å². The molecule has 1 saturated heterocycles. The summed E-state index contributed by atoms with van der Waals surface area (Å²) in [6, 6.07) is 9.65. The molecule has 33 heavy (non-hydrogen) atoms. The van der Waals surface area contributed by atoms with Crippen molar-refractivity contribution in [1.29, 1.82) is 0 Å². The molecule has 1 fully saturated rings. The number of nitro benzene ring substituents is 1. The molecule has 2 aromatic rings. The van der Waals surface area contributed by atoms with E-state index >= 15 is 0 Å². The van der Waals surface area contributed by atoms with Crippen LogP contribution in [0.1, 0.15) is 36.6 Å². The van der Waals surface area contributed by atoms with Crippen molar-refractivity contribution in [2.24, 2.45) is 0 Å². The van der Waals surface area contributed by atoms with Gasteiger partial charge in [-0.25, -0.2) is 0 Å². The summed E-state index contributed by atoms with van der Waals surface area (Å²) in [5, 5.41) is 22.2. The van der Waals surface area contributed by atoms with Crippen molar-refractivity contribution in [3.05, 3.63) is 74.8 Å². The number of aliphatic hydroxyl groups excluding tert-OH is 1. The van der Waals surface area contributed by atoms with Crippen LogP contribution in [0, 0.1) is 17.0 Å². The number of ketones is 1. The Labute approximate surface area is 191 Å². The summed E-state index contributed by atoms with van der Waals surface area (Å²) < 4.78 is 10.8. The lowest BCUT2D eigenvalue weighted by molar-refractivity contribution is -0.384. The summed E-state index contributed by atoms with van der Waals surface area (Å²) in [6.07, 6.45) is -0.0311. The Morgan fingerprint density at radius 1 is 1.18 bits per heavy atom. The number of aryl methyl sites for hydroxylation is 1. The van der Waals surface area contributed by atoms with E-state index in [4.69, 9.17) is 9.47 Å². The quantitative estimate of drug-likeness (QED) is 0.212. The van der Waals surface area contributed by atoms with Gasteiger partial charge in [-0.1, -0.05) is 0 Å². The van der Waals surface area contributed by atoms with E-state index in [1.54, 1.807) is 18.2 Å². The molecule has 1 N–H and O–H groups in total. The molecule has 3 rings (SSSR count). The predicted molar refractivity (Wildman–Crippen MR) is 121 cm³/mol. The second-order valence-electron chi connectivity index (χ2n) is 7.98. The molecule has 0 bridgehead atoms. The third kappa shape index (κ3) is 4.88. The number of carbonyl (C=O) groups is 2. The molecule has 1 heterocycles. The number of aliphatic hydroxyl groups is 1. The lowest BCUT2D eigenvalue weighted by atomic mass is 9.94. The lowest BCUT2D eigenvalue weighted by Gasteiger charge is -2.25. The van der Waals surface area contributed by atoms with Gasteiger partial charge in [-0.3, -0.25) is 19.7 Å². The number of hydrogen-bond donors (Lipinski definition) is 1. The number of nitrogens with zero attached hydrogens (tertiary/aromatic N) is 2. The number of Topliss-reactive ketones (excluding diaryl/α,β-unsaturated/α-hetero) is 1. The number of likely N-dealkylation sites (tertiary alicyclic amines) is 1. The van der Waals surface area contributed by atoms with Crippen LogP contribution in [0.5, 0.6) is 5.75 Å². The second kappa shape index (κ2) is 9.83. The number of rotatable bonds is 8. The van der Waals surface area contributed by atoms with Crippen LogP contribution in [0.3, 0.4) is 0 Å². The number of hydrogen-bond acceptors (Lipinski definition) is 7. The normalized spacial score (nSPS) is 17.6. The summed E-state index contributed by atoms with van der Waals surface area (Å²) in [5.74, 6) is -1.27. The molecular formula is C24H26N2O7. The first-order valence-corrected chi connectivity index (χ1v) is 10.4. The van der Waals surface area contributed by atoms with Crippen LogP contribution in [0.25, 0.3) is 5.76 Å². The van der Waals surface area contributed by atoms with Crippen LogP contribution in [-0.4, -0.2) is 53.0 Å². The summed E-state index contributed by atoms with van der Waals surface area (Å²) in [6.45, 7) is 5.91. The molecule has 9 heteroatoms. The maximum absolute atomic E-state index is 13.0. The van der Waals surface area contributed by atoms with E-state index in [-0.39, 0.29) is 36.3 Å². The van der Waals surface area contributed by atoms with E-state index in [0.29, 0.717) is 16.9 Å².